The average Bonchev–Trinajstić information content (AvgIpc) is 2.72. The molecule has 27 heavy (non-hydrogen) atoms. The molecular formula is C21H15N3O3. The molecule has 2 N–H and O–H groups in total. The first-order valence-electron chi connectivity index (χ1n) is 8.27. The Balaban J connectivity index is 1.96. The third-order valence-electron chi connectivity index (χ3n) is 4.60. The van der Waals surface area contributed by atoms with Gasteiger partial charge in [0, 0.05) is 17.1 Å². The van der Waals surface area contributed by atoms with Crippen molar-refractivity contribution in [2.45, 2.75) is 5.92 Å². The number of hydrogen-bond donors (Lipinski definition) is 1. The number of nitrogens with two attached hydrogens (primary N) is 1. The van der Waals surface area contributed by atoms with Crippen molar-refractivity contribution in [3.8, 4) is 11.8 Å². The Morgan fingerprint density at radius 1 is 1.26 bits per heavy atom. The molecule has 0 fully saturated rings. The van der Waals surface area contributed by atoms with Gasteiger partial charge in [-0.3, -0.25) is 4.98 Å². The van der Waals surface area contributed by atoms with Crippen LogP contribution in [0, 0.1) is 11.3 Å². The predicted molar refractivity (Wildman–Crippen MR) is 98.8 cm³/mol. The number of benzene rings is 2. The van der Waals surface area contributed by atoms with E-state index in [-0.39, 0.29) is 5.88 Å². The molecular weight excluding hydrogens is 342 g/mol. The van der Waals surface area contributed by atoms with Gasteiger partial charge < -0.3 is 15.2 Å². The zero-order chi connectivity index (χ0) is 19.0. The molecule has 4 rings (SSSR count). The number of fused-ring (bicyclic) bond motifs is 3. The maximum atomic E-state index is 11.9. The van der Waals surface area contributed by atoms with Crippen LogP contribution in [0.1, 0.15) is 27.4 Å². The van der Waals surface area contributed by atoms with E-state index in [1.165, 1.54) is 7.11 Å². The summed E-state index contributed by atoms with van der Waals surface area (Å²) in [5.41, 5.74) is 8.94. The van der Waals surface area contributed by atoms with E-state index >= 15 is 0 Å². The van der Waals surface area contributed by atoms with Gasteiger partial charge in [0.05, 0.1) is 18.6 Å². The molecule has 2 heterocycles. The summed E-state index contributed by atoms with van der Waals surface area (Å²) in [6.45, 7) is 0. The highest BCUT2D eigenvalue weighted by Gasteiger charge is 2.32. The van der Waals surface area contributed by atoms with Gasteiger partial charge in [-0.05, 0) is 23.8 Å². The number of aromatic nitrogens is 1. The Hall–Kier alpha value is -3.85. The number of pyridine rings is 1. The number of methoxy groups -OCH3 is 1. The fraction of sp³-hybridized carbons (Fsp3) is 0.0952. The summed E-state index contributed by atoms with van der Waals surface area (Å²) >= 11 is 0. The van der Waals surface area contributed by atoms with Gasteiger partial charge in [0.1, 0.15) is 17.2 Å². The lowest BCUT2D eigenvalue weighted by Crippen LogP contribution is -2.21. The Labute approximate surface area is 155 Å². The highest BCUT2D eigenvalue weighted by molar-refractivity contribution is 5.90. The molecule has 0 amide bonds. The molecule has 6 heteroatoms. The molecule has 1 atom stereocenters. The second-order valence-electron chi connectivity index (χ2n) is 6.10. The lowest BCUT2D eigenvalue weighted by atomic mass is 9.82. The third kappa shape index (κ3) is 2.66. The summed E-state index contributed by atoms with van der Waals surface area (Å²) in [7, 11) is 1.33. The van der Waals surface area contributed by atoms with E-state index in [0.717, 1.165) is 16.5 Å². The van der Waals surface area contributed by atoms with Crippen LogP contribution in [0.25, 0.3) is 10.9 Å². The van der Waals surface area contributed by atoms with Crippen molar-refractivity contribution in [3.63, 3.8) is 0 Å². The van der Waals surface area contributed by atoms with Crippen molar-refractivity contribution in [1.29, 1.82) is 5.26 Å². The first kappa shape index (κ1) is 16.6. The molecule has 0 spiro atoms. The van der Waals surface area contributed by atoms with Crippen molar-refractivity contribution in [1.82, 2.24) is 4.98 Å². The van der Waals surface area contributed by atoms with Gasteiger partial charge in [0.15, 0.2) is 5.75 Å². The second-order valence-corrected chi connectivity index (χ2v) is 6.10. The highest BCUT2D eigenvalue weighted by atomic mass is 16.5. The Kier molecular flexibility index (Phi) is 3.98. The number of carbonyl (C=O) groups excluding carboxylic acids is 1. The number of allylic oxidation sites excluding steroid dienone is 1. The zero-order valence-corrected chi connectivity index (χ0v) is 14.5. The van der Waals surface area contributed by atoms with E-state index < -0.39 is 11.9 Å². The smallest absolute Gasteiger partial charge is 0.337 e. The summed E-state index contributed by atoms with van der Waals surface area (Å²) < 4.78 is 10.6. The Morgan fingerprint density at radius 3 is 2.89 bits per heavy atom. The van der Waals surface area contributed by atoms with Crippen LogP contribution in [-0.4, -0.2) is 18.1 Å². The number of ether oxygens (including phenoxy) is 2. The van der Waals surface area contributed by atoms with Crippen molar-refractivity contribution < 1.29 is 14.3 Å². The molecule has 0 saturated carbocycles. The largest absolute Gasteiger partial charge is 0.465 e. The molecule has 2 aromatic carbocycles. The van der Waals surface area contributed by atoms with Gasteiger partial charge >= 0.3 is 5.97 Å². The molecule has 1 aliphatic heterocycles. The van der Waals surface area contributed by atoms with Crippen molar-refractivity contribution in [2.24, 2.45) is 5.73 Å². The summed E-state index contributed by atoms with van der Waals surface area (Å²) in [6, 6.07) is 16.7. The van der Waals surface area contributed by atoms with Gasteiger partial charge in [-0.1, -0.05) is 30.3 Å². The normalized spacial score (nSPS) is 15.6. The first-order chi connectivity index (χ1) is 13.1. The fourth-order valence-electron chi connectivity index (χ4n) is 3.36. The number of hydrogen-bond acceptors (Lipinski definition) is 6. The summed E-state index contributed by atoms with van der Waals surface area (Å²) in [5, 5.41) is 10.6. The molecule has 0 radical (unpaired) electrons. The van der Waals surface area contributed by atoms with Gasteiger partial charge in [0.25, 0.3) is 0 Å². The van der Waals surface area contributed by atoms with Crippen molar-refractivity contribution in [2.75, 3.05) is 7.11 Å². The molecule has 1 aromatic heterocycles. The highest BCUT2D eigenvalue weighted by Crippen LogP contribution is 2.44. The number of esters is 1. The summed E-state index contributed by atoms with van der Waals surface area (Å²) in [4.78, 5) is 16.3. The molecule has 132 valence electrons. The fourth-order valence-corrected chi connectivity index (χ4v) is 3.36. The van der Waals surface area contributed by atoms with Crippen molar-refractivity contribution >= 4 is 16.9 Å². The number of nitrogens with zero attached hydrogens (tertiary/aromatic N) is 2. The number of carbonyl (C=O) groups is 1. The minimum Gasteiger partial charge on any atom is -0.465 e. The maximum absolute atomic E-state index is 11.9. The average molecular weight is 357 g/mol. The van der Waals surface area contributed by atoms with E-state index in [2.05, 4.69) is 11.1 Å². The Morgan fingerprint density at radius 2 is 2.11 bits per heavy atom. The minimum atomic E-state index is -0.463. The van der Waals surface area contributed by atoms with E-state index in [0.29, 0.717) is 22.4 Å². The summed E-state index contributed by atoms with van der Waals surface area (Å²) in [6.07, 6.45) is 1.68. The van der Waals surface area contributed by atoms with Crippen LogP contribution in [0.4, 0.5) is 0 Å². The third-order valence-corrected chi connectivity index (χ3v) is 4.60. The maximum Gasteiger partial charge on any atom is 0.337 e. The van der Waals surface area contributed by atoms with Crippen LogP contribution in [0.5, 0.6) is 5.75 Å². The molecule has 1 aliphatic rings. The molecule has 0 saturated heterocycles. The van der Waals surface area contributed by atoms with Crippen LogP contribution >= 0.6 is 0 Å². The van der Waals surface area contributed by atoms with Gasteiger partial charge in [0.2, 0.25) is 5.88 Å². The standard InChI is InChI=1S/C21H15N3O3/c1-26-21(25)14-5-2-4-13(10-14)17-15-8-7-12-6-3-9-24-18(12)19(15)27-20(23)16(17)11-22/h2-10,17H,23H2,1H3. The topological polar surface area (TPSA) is 98.2 Å². The molecule has 3 aromatic rings. The second kappa shape index (κ2) is 6.46. The Bertz CT molecular complexity index is 1140. The zero-order valence-electron chi connectivity index (χ0n) is 14.5. The van der Waals surface area contributed by atoms with Crippen LogP contribution in [-0.2, 0) is 4.74 Å². The monoisotopic (exact) mass is 357 g/mol. The van der Waals surface area contributed by atoms with Gasteiger partial charge in [-0.25, -0.2) is 4.79 Å². The van der Waals surface area contributed by atoms with Crippen molar-refractivity contribution in [3.05, 3.63) is 82.9 Å². The van der Waals surface area contributed by atoms with Crippen LogP contribution in [0.3, 0.4) is 0 Å². The SMILES string of the molecule is COC(=O)c1cccc(C2C(C#N)=C(N)Oc3c2ccc2cccnc32)c1. The van der Waals surface area contributed by atoms with Crippen LogP contribution in [0.15, 0.2) is 66.2 Å². The quantitative estimate of drug-likeness (QED) is 0.707. The lowest BCUT2D eigenvalue weighted by molar-refractivity contribution is 0.0600. The number of nitriles is 1. The van der Waals surface area contributed by atoms with Crippen LogP contribution in [0.2, 0.25) is 0 Å². The number of rotatable bonds is 2. The summed E-state index contributed by atoms with van der Waals surface area (Å²) in [5.74, 6) is -0.343. The van der Waals surface area contributed by atoms with E-state index in [1.54, 1.807) is 24.4 Å². The molecule has 1 unspecified atom stereocenters. The van der Waals surface area contributed by atoms with Crippen LogP contribution < -0.4 is 10.5 Å². The predicted octanol–water partition coefficient (Wildman–Crippen LogP) is 3.24. The van der Waals surface area contributed by atoms with E-state index in [1.807, 2.05) is 30.3 Å². The van der Waals surface area contributed by atoms with Gasteiger partial charge in [-0.2, -0.15) is 5.26 Å². The molecule has 6 nitrogen and oxygen atoms in total. The van der Waals surface area contributed by atoms with E-state index in [9.17, 15) is 10.1 Å². The van der Waals surface area contributed by atoms with Gasteiger partial charge in [-0.15, -0.1) is 0 Å². The molecule has 0 aliphatic carbocycles. The lowest BCUT2D eigenvalue weighted by Gasteiger charge is -2.27. The molecule has 0 bridgehead atoms. The first-order valence-corrected chi connectivity index (χ1v) is 8.27. The minimum absolute atomic E-state index is 0.0385. The van der Waals surface area contributed by atoms with E-state index in [4.69, 9.17) is 15.2 Å².